The number of H-pyrrole nitrogens is 1. The third-order valence-corrected chi connectivity index (χ3v) is 2.35. The van der Waals surface area contributed by atoms with Crippen molar-refractivity contribution in [2.45, 2.75) is 6.54 Å². The highest BCUT2D eigenvalue weighted by Crippen LogP contribution is 2.27. The average molecular weight is 199 g/mol. The molecule has 1 aromatic carbocycles. The zero-order valence-electron chi connectivity index (χ0n) is 6.77. The molecule has 2 nitrogen and oxygen atoms in total. The van der Waals surface area contributed by atoms with Crippen LogP contribution >= 0.6 is 11.6 Å². The summed E-state index contributed by atoms with van der Waals surface area (Å²) in [4.78, 5) is 2.86. The van der Waals surface area contributed by atoms with Crippen molar-refractivity contribution < 1.29 is 4.39 Å². The van der Waals surface area contributed by atoms with Gasteiger partial charge in [0.15, 0.2) is 0 Å². The Kier molecular flexibility index (Phi) is 1.98. The maximum atomic E-state index is 13.3. The summed E-state index contributed by atoms with van der Waals surface area (Å²) in [6.07, 6.45) is 0. The normalized spacial score (nSPS) is 11.0. The van der Waals surface area contributed by atoms with Gasteiger partial charge in [0.2, 0.25) is 0 Å². The molecule has 68 valence electrons. The van der Waals surface area contributed by atoms with Crippen LogP contribution in [-0.4, -0.2) is 4.98 Å². The molecule has 13 heavy (non-hydrogen) atoms. The Morgan fingerprint density at radius 3 is 2.92 bits per heavy atom. The van der Waals surface area contributed by atoms with Crippen molar-refractivity contribution in [3.05, 3.63) is 34.7 Å². The number of hydrogen-bond acceptors (Lipinski definition) is 1. The summed E-state index contributed by atoms with van der Waals surface area (Å²) < 4.78 is 13.3. The highest BCUT2D eigenvalue weighted by atomic mass is 35.5. The molecular formula is C9H8ClFN2. The fraction of sp³-hybridized carbons (Fsp3) is 0.111. The molecule has 0 radical (unpaired) electrons. The maximum absolute atomic E-state index is 13.3. The van der Waals surface area contributed by atoms with Crippen LogP contribution in [0.5, 0.6) is 0 Å². The van der Waals surface area contributed by atoms with Gasteiger partial charge in [-0.2, -0.15) is 0 Å². The van der Waals surface area contributed by atoms with E-state index in [9.17, 15) is 4.39 Å². The van der Waals surface area contributed by atoms with Crippen LogP contribution in [0, 0.1) is 5.82 Å². The molecule has 0 spiro atoms. The summed E-state index contributed by atoms with van der Waals surface area (Å²) in [5.74, 6) is -0.291. The first-order chi connectivity index (χ1) is 6.24. The Bertz CT molecular complexity index is 450. The van der Waals surface area contributed by atoms with Crippen LogP contribution in [0.15, 0.2) is 18.2 Å². The van der Waals surface area contributed by atoms with Crippen LogP contribution in [-0.2, 0) is 6.54 Å². The number of hydrogen-bond donors (Lipinski definition) is 2. The lowest BCUT2D eigenvalue weighted by Crippen LogP contribution is -1.96. The zero-order chi connectivity index (χ0) is 9.42. The van der Waals surface area contributed by atoms with E-state index in [1.165, 1.54) is 6.07 Å². The minimum absolute atomic E-state index is 0.236. The summed E-state index contributed by atoms with van der Waals surface area (Å²) in [5.41, 5.74) is 6.78. The third kappa shape index (κ3) is 1.20. The number of fused-ring (bicyclic) bond motifs is 1. The molecule has 0 aliphatic heterocycles. The molecule has 0 fully saturated rings. The lowest BCUT2D eigenvalue weighted by molar-refractivity contribution is 0.639. The van der Waals surface area contributed by atoms with Gasteiger partial charge in [-0.1, -0.05) is 17.7 Å². The molecular weight excluding hydrogens is 191 g/mol. The monoisotopic (exact) mass is 198 g/mol. The van der Waals surface area contributed by atoms with E-state index in [-0.39, 0.29) is 12.4 Å². The zero-order valence-corrected chi connectivity index (χ0v) is 7.53. The number of nitrogens with two attached hydrogens (primary N) is 1. The van der Waals surface area contributed by atoms with Crippen molar-refractivity contribution in [1.82, 2.24) is 4.98 Å². The van der Waals surface area contributed by atoms with Crippen LogP contribution in [0.1, 0.15) is 5.56 Å². The second-order valence-electron chi connectivity index (χ2n) is 2.78. The molecule has 0 saturated carbocycles. The van der Waals surface area contributed by atoms with Gasteiger partial charge in [0.05, 0.1) is 0 Å². The van der Waals surface area contributed by atoms with Crippen molar-refractivity contribution in [3.63, 3.8) is 0 Å². The van der Waals surface area contributed by atoms with E-state index in [0.717, 1.165) is 0 Å². The van der Waals surface area contributed by atoms with Gasteiger partial charge < -0.3 is 10.7 Å². The van der Waals surface area contributed by atoms with Crippen molar-refractivity contribution in [3.8, 4) is 0 Å². The van der Waals surface area contributed by atoms with Crippen molar-refractivity contribution >= 4 is 22.5 Å². The highest BCUT2D eigenvalue weighted by molar-refractivity contribution is 6.31. The molecule has 0 atom stereocenters. The van der Waals surface area contributed by atoms with Crippen molar-refractivity contribution in [2.75, 3.05) is 0 Å². The Morgan fingerprint density at radius 2 is 2.23 bits per heavy atom. The number of rotatable bonds is 1. The Labute approximate surface area is 79.5 Å². The number of halogens is 2. The smallest absolute Gasteiger partial charge is 0.132 e. The van der Waals surface area contributed by atoms with Crippen LogP contribution in [0.2, 0.25) is 5.15 Å². The predicted octanol–water partition coefficient (Wildman–Crippen LogP) is 2.42. The SMILES string of the molecule is NCc1c(Cl)[nH]c2cccc(F)c12. The summed E-state index contributed by atoms with van der Waals surface area (Å²) in [6, 6.07) is 4.79. The molecule has 0 aliphatic rings. The Hall–Kier alpha value is -1.06. The average Bonchev–Trinajstić information content (AvgIpc) is 2.42. The number of aromatic nitrogens is 1. The van der Waals surface area contributed by atoms with E-state index < -0.39 is 0 Å². The second kappa shape index (κ2) is 3.01. The first-order valence-corrected chi connectivity index (χ1v) is 4.26. The Morgan fingerprint density at radius 1 is 1.46 bits per heavy atom. The van der Waals surface area contributed by atoms with Crippen LogP contribution in [0.3, 0.4) is 0 Å². The van der Waals surface area contributed by atoms with Gasteiger partial charge in [-0.25, -0.2) is 4.39 Å². The van der Waals surface area contributed by atoms with Gasteiger partial charge in [-0.15, -0.1) is 0 Å². The van der Waals surface area contributed by atoms with Gasteiger partial charge in [-0.3, -0.25) is 0 Å². The van der Waals surface area contributed by atoms with Gasteiger partial charge in [0.25, 0.3) is 0 Å². The molecule has 2 aromatic rings. The lowest BCUT2D eigenvalue weighted by Gasteiger charge is -1.95. The van der Waals surface area contributed by atoms with E-state index in [1.807, 2.05) is 0 Å². The largest absolute Gasteiger partial charge is 0.345 e. The molecule has 1 heterocycles. The first-order valence-electron chi connectivity index (χ1n) is 3.88. The van der Waals surface area contributed by atoms with Gasteiger partial charge in [-0.05, 0) is 12.1 Å². The molecule has 0 bridgehead atoms. The number of aromatic amines is 1. The standard InChI is InChI=1S/C9H8ClFN2/c10-9-5(4-12)8-6(11)2-1-3-7(8)13-9/h1-3,13H,4,12H2. The van der Waals surface area contributed by atoms with Crippen molar-refractivity contribution in [1.29, 1.82) is 0 Å². The maximum Gasteiger partial charge on any atom is 0.132 e. The quantitative estimate of drug-likeness (QED) is 0.726. The molecule has 1 aromatic heterocycles. The summed E-state index contributed by atoms with van der Waals surface area (Å²) in [6.45, 7) is 0.236. The fourth-order valence-electron chi connectivity index (χ4n) is 1.43. The van der Waals surface area contributed by atoms with E-state index >= 15 is 0 Å². The van der Waals surface area contributed by atoms with Gasteiger partial charge >= 0.3 is 0 Å². The minimum atomic E-state index is -0.291. The van der Waals surface area contributed by atoms with E-state index in [0.29, 0.717) is 21.6 Å². The molecule has 4 heteroatoms. The van der Waals surface area contributed by atoms with E-state index in [4.69, 9.17) is 17.3 Å². The van der Waals surface area contributed by atoms with Crippen LogP contribution in [0.25, 0.3) is 10.9 Å². The van der Waals surface area contributed by atoms with Crippen LogP contribution in [0.4, 0.5) is 4.39 Å². The fourth-order valence-corrected chi connectivity index (χ4v) is 1.70. The summed E-state index contributed by atoms with van der Waals surface area (Å²) in [7, 11) is 0. The summed E-state index contributed by atoms with van der Waals surface area (Å²) in [5, 5.41) is 0.914. The molecule has 0 aliphatic carbocycles. The predicted molar refractivity (Wildman–Crippen MR) is 51.2 cm³/mol. The molecule has 2 rings (SSSR count). The van der Waals surface area contributed by atoms with Crippen molar-refractivity contribution in [2.24, 2.45) is 5.73 Å². The molecule has 0 unspecified atom stereocenters. The molecule has 0 amide bonds. The number of benzene rings is 1. The van der Waals surface area contributed by atoms with E-state index in [2.05, 4.69) is 4.98 Å². The van der Waals surface area contributed by atoms with Crippen LogP contribution < -0.4 is 5.73 Å². The Balaban J connectivity index is 2.88. The minimum Gasteiger partial charge on any atom is -0.345 e. The molecule has 0 saturated heterocycles. The van der Waals surface area contributed by atoms with E-state index in [1.54, 1.807) is 12.1 Å². The number of nitrogens with one attached hydrogen (secondary N) is 1. The lowest BCUT2D eigenvalue weighted by atomic mass is 10.1. The first kappa shape index (κ1) is 8.53. The second-order valence-corrected chi connectivity index (χ2v) is 3.16. The highest BCUT2D eigenvalue weighted by Gasteiger charge is 2.11. The molecule has 3 N–H and O–H groups in total. The van der Waals surface area contributed by atoms with Gasteiger partial charge in [0.1, 0.15) is 11.0 Å². The van der Waals surface area contributed by atoms with Gasteiger partial charge in [0, 0.05) is 23.0 Å². The topological polar surface area (TPSA) is 41.8 Å². The summed E-state index contributed by atoms with van der Waals surface area (Å²) >= 11 is 5.84. The third-order valence-electron chi connectivity index (χ3n) is 2.03.